The maximum Gasteiger partial charge on any atom is 0.446 e. The first-order chi connectivity index (χ1) is 18.3. The lowest BCUT2D eigenvalue weighted by Gasteiger charge is -2.14. The van der Waals surface area contributed by atoms with Crippen molar-refractivity contribution in [2.24, 2.45) is 0 Å². The minimum Gasteiger partial charge on any atom is -0.489 e. The molecule has 1 aliphatic rings. The zero-order valence-corrected chi connectivity index (χ0v) is 21.4. The van der Waals surface area contributed by atoms with Crippen molar-refractivity contribution < 1.29 is 22.7 Å². The molecule has 2 heterocycles. The number of ether oxygens (including phenoxy) is 1. The lowest BCUT2D eigenvalue weighted by atomic mass is 10.2. The summed E-state index contributed by atoms with van der Waals surface area (Å²) in [5.41, 5.74) is -0.454. The number of fused-ring (bicyclic) bond motifs is 1. The molecule has 10 heteroatoms. The quantitative estimate of drug-likeness (QED) is 0.262. The number of nitrogens with zero attached hydrogens (tertiary/aromatic N) is 3. The van der Waals surface area contributed by atoms with Gasteiger partial charge in [-0.05, 0) is 97.9 Å². The van der Waals surface area contributed by atoms with Gasteiger partial charge in [-0.15, -0.1) is 0 Å². The van der Waals surface area contributed by atoms with E-state index in [4.69, 9.17) is 4.74 Å². The van der Waals surface area contributed by atoms with Gasteiger partial charge >= 0.3 is 5.51 Å². The monoisotopic (exact) mass is 540 g/mol. The molecule has 6 nitrogen and oxygen atoms in total. The molecule has 1 N–H and O–H groups in total. The van der Waals surface area contributed by atoms with E-state index >= 15 is 0 Å². The molecule has 198 valence electrons. The molecule has 1 amide bonds. The summed E-state index contributed by atoms with van der Waals surface area (Å²) in [4.78, 5) is 19.6. The SMILES string of the molecule is O=C(NCCN1CCCC1)c1ccc2c(c1)ncn2-c1ccc(OCc2ccc(SC(F)(F)F)cc2)cc1. The zero-order valence-electron chi connectivity index (χ0n) is 20.6. The van der Waals surface area contributed by atoms with E-state index in [1.54, 1.807) is 24.5 Å². The number of alkyl halides is 3. The molecule has 4 aromatic rings. The van der Waals surface area contributed by atoms with Crippen LogP contribution in [-0.2, 0) is 6.61 Å². The van der Waals surface area contributed by atoms with Crippen LogP contribution in [0.5, 0.6) is 5.75 Å². The highest BCUT2D eigenvalue weighted by Crippen LogP contribution is 2.36. The fraction of sp³-hybridized carbons (Fsp3) is 0.286. The Morgan fingerprint density at radius 1 is 1.00 bits per heavy atom. The largest absolute Gasteiger partial charge is 0.489 e. The van der Waals surface area contributed by atoms with Gasteiger partial charge in [-0.25, -0.2) is 4.98 Å². The van der Waals surface area contributed by atoms with Crippen molar-refractivity contribution in [2.75, 3.05) is 26.2 Å². The number of rotatable bonds is 9. The molecule has 0 unspecified atom stereocenters. The van der Waals surface area contributed by atoms with Crippen LogP contribution in [0.3, 0.4) is 0 Å². The molecule has 1 fully saturated rings. The number of thioether (sulfide) groups is 1. The van der Waals surface area contributed by atoms with E-state index in [-0.39, 0.29) is 29.2 Å². The number of amides is 1. The van der Waals surface area contributed by atoms with Crippen molar-refractivity contribution in [3.63, 3.8) is 0 Å². The molecular weight excluding hydrogens is 513 g/mol. The van der Waals surface area contributed by atoms with Crippen LogP contribution in [0.1, 0.15) is 28.8 Å². The molecular formula is C28H27F3N4O2S. The average Bonchev–Trinajstić information content (AvgIpc) is 3.57. The Kier molecular flexibility index (Phi) is 7.90. The first-order valence-corrected chi connectivity index (χ1v) is 13.2. The first-order valence-electron chi connectivity index (χ1n) is 12.4. The molecule has 0 aliphatic carbocycles. The van der Waals surface area contributed by atoms with Crippen LogP contribution in [0.25, 0.3) is 16.7 Å². The van der Waals surface area contributed by atoms with E-state index in [0.29, 0.717) is 17.9 Å². The second-order valence-corrected chi connectivity index (χ2v) is 10.2. The van der Waals surface area contributed by atoms with Crippen LogP contribution in [0, 0.1) is 0 Å². The third-order valence-corrected chi connectivity index (χ3v) is 7.14. The predicted octanol–water partition coefficient (Wildman–Crippen LogP) is 6.04. The third-order valence-electron chi connectivity index (χ3n) is 6.40. The highest BCUT2D eigenvalue weighted by Gasteiger charge is 2.29. The number of likely N-dealkylation sites (tertiary alicyclic amines) is 1. The van der Waals surface area contributed by atoms with Gasteiger partial charge < -0.3 is 15.0 Å². The molecule has 5 rings (SSSR count). The summed E-state index contributed by atoms with van der Waals surface area (Å²) in [7, 11) is 0. The highest BCUT2D eigenvalue weighted by atomic mass is 32.2. The van der Waals surface area contributed by atoms with E-state index in [1.165, 1.54) is 25.0 Å². The van der Waals surface area contributed by atoms with Gasteiger partial charge in [0, 0.05) is 29.2 Å². The summed E-state index contributed by atoms with van der Waals surface area (Å²) in [5, 5.41) is 3.00. The standard InChI is InChI=1S/C28H27F3N4O2S/c29-28(30,31)38-24-10-3-20(4-11-24)18-37-23-8-6-22(7-9-23)35-19-33-25-17-21(5-12-26(25)35)27(36)32-13-16-34-14-1-2-15-34/h3-12,17,19H,1-2,13-16,18H2,(H,32,36). The Morgan fingerprint density at radius 2 is 1.74 bits per heavy atom. The fourth-order valence-corrected chi connectivity index (χ4v) is 4.99. The summed E-state index contributed by atoms with van der Waals surface area (Å²) < 4.78 is 45.2. The molecule has 0 radical (unpaired) electrons. The number of hydrogen-bond acceptors (Lipinski definition) is 5. The number of aromatic nitrogens is 2. The van der Waals surface area contributed by atoms with Gasteiger partial charge in [0.2, 0.25) is 0 Å². The number of carbonyl (C=O) groups is 1. The smallest absolute Gasteiger partial charge is 0.446 e. The second-order valence-electron chi connectivity index (χ2n) is 9.10. The van der Waals surface area contributed by atoms with Gasteiger partial charge in [0.15, 0.2) is 0 Å². The topological polar surface area (TPSA) is 59.4 Å². The van der Waals surface area contributed by atoms with Gasteiger partial charge in [0.1, 0.15) is 18.7 Å². The molecule has 0 bridgehead atoms. The summed E-state index contributed by atoms with van der Waals surface area (Å²) in [5.74, 6) is 0.538. The Morgan fingerprint density at radius 3 is 2.45 bits per heavy atom. The van der Waals surface area contributed by atoms with E-state index < -0.39 is 5.51 Å². The fourth-order valence-electron chi connectivity index (χ4n) is 4.45. The van der Waals surface area contributed by atoms with E-state index in [0.717, 1.165) is 41.9 Å². The van der Waals surface area contributed by atoms with Crippen LogP contribution in [0.4, 0.5) is 13.2 Å². The van der Waals surface area contributed by atoms with Crippen LogP contribution >= 0.6 is 11.8 Å². The number of imidazole rings is 1. The maximum atomic E-state index is 12.6. The van der Waals surface area contributed by atoms with Crippen molar-refractivity contribution in [1.82, 2.24) is 19.8 Å². The first kappa shape index (κ1) is 26.1. The molecule has 1 saturated heterocycles. The van der Waals surface area contributed by atoms with Crippen LogP contribution in [-0.4, -0.2) is 52.0 Å². The lowest BCUT2D eigenvalue weighted by molar-refractivity contribution is -0.0328. The molecule has 0 saturated carbocycles. The number of halogens is 3. The normalized spacial score (nSPS) is 14.2. The van der Waals surface area contributed by atoms with Crippen LogP contribution < -0.4 is 10.1 Å². The average molecular weight is 541 g/mol. The molecule has 1 aromatic heterocycles. The maximum absolute atomic E-state index is 12.6. The summed E-state index contributed by atoms with van der Waals surface area (Å²) in [6, 6.07) is 19.1. The predicted molar refractivity (Wildman–Crippen MR) is 142 cm³/mol. The van der Waals surface area contributed by atoms with Gasteiger partial charge in [0.05, 0.1) is 11.0 Å². The van der Waals surface area contributed by atoms with Gasteiger partial charge in [0.25, 0.3) is 5.91 Å². The number of carbonyl (C=O) groups excluding carboxylic acids is 1. The van der Waals surface area contributed by atoms with Crippen molar-refractivity contribution in [3.05, 3.63) is 84.2 Å². The zero-order chi connectivity index (χ0) is 26.5. The van der Waals surface area contributed by atoms with Crippen molar-refractivity contribution in [1.29, 1.82) is 0 Å². The lowest BCUT2D eigenvalue weighted by Crippen LogP contribution is -2.33. The Balaban J connectivity index is 1.18. The van der Waals surface area contributed by atoms with Gasteiger partial charge in [-0.2, -0.15) is 13.2 Å². The number of benzene rings is 3. The Hall–Kier alpha value is -3.50. The Labute approximate surface area is 222 Å². The van der Waals surface area contributed by atoms with Crippen molar-refractivity contribution in [3.8, 4) is 11.4 Å². The molecule has 1 aliphatic heterocycles. The second kappa shape index (κ2) is 11.5. The molecule has 38 heavy (non-hydrogen) atoms. The van der Waals surface area contributed by atoms with E-state index in [2.05, 4.69) is 15.2 Å². The van der Waals surface area contributed by atoms with Gasteiger partial charge in [-0.1, -0.05) is 12.1 Å². The molecule has 0 spiro atoms. The Bertz CT molecular complexity index is 1380. The third kappa shape index (κ3) is 6.68. The summed E-state index contributed by atoms with van der Waals surface area (Å²) >= 11 is -0.135. The van der Waals surface area contributed by atoms with Crippen LogP contribution in [0.2, 0.25) is 0 Å². The minimum absolute atomic E-state index is 0.101. The minimum atomic E-state index is -4.30. The van der Waals surface area contributed by atoms with Crippen LogP contribution in [0.15, 0.2) is 78.0 Å². The number of nitrogens with one attached hydrogen (secondary N) is 1. The van der Waals surface area contributed by atoms with E-state index in [9.17, 15) is 18.0 Å². The summed E-state index contributed by atoms with van der Waals surface area (Å²) in [6.07, 6.45) is 4.18. The van der Waals surface area contributed by atoms with Crippen molar-refractivity contribution >= 4 is 28.7 Å². The van der Waals surface area contributed by atoms with E-state index in [1.807, 2.05) is 41.0 Å². The van der Waals surface area contributed by atoms with Gasteiger partial charge in [-0.3, -0.25) is 9.36 Å². The highest BCUT2D eigenvalue weighted by molar-refractivity contribution is 8.00. The summed E-state index contributed by atoms with van der Waals surface area (Å²) in [6.45, 7) is 3.95. The molecule has 3 aromatic carbocycles. The van der Waals surface area contributed by atoms with Crippen molar-refractivity contribution in [2.45, 2.75) is 29.9 Å². The molecule has 0 atom stereocenters. The number of hydrogen-bond donors (Lipinski definition) is 1.